The van der Waals surface area contributed by atoms with Crippen molar-refractivity contribution in [1.29, 1.82) is 0 Å². The van der Waals surface area contributed by atoms with E-state index in [1.165, 1.54) is 0 Å². The van der Waals surface area contributed by atoms with Crippen LogP contribution in [0.2, 0.25) is 0 Å². The van der Waals surface area contributed by atoms with E-state index in [9.17, 15) is 22.0 Å². The lowest BCUT2D eigenvalue weighted by Gasteiger charge is -2.21. The van der Waals surface area contributed by atoms with Gasteiger partial charge in [-0.1, -0.05) is 32.9 Å². The zero-order chi connectivity index (χ0) is 22.7. The molecule has 0 aliphatic rings. The molecule has 0 unspecified atom stereocenters. The maximum absolute atomic E-state index is 14.2. The second kappa shape index (κ2) is 8.99. The lowest BCUT2D eigenvalue weighted by molar-refractivity contribution is -0.123. The van der Waals surface area contributed by atoms with Gasteiger partial charge in [-0.3, -0.25) is 9.52 Å². The molecule has 0 aliphatic heterocycles. The van der Waals surface area contributed by atoms with Gasteiger partial charge < -0.3 is 10.1 Å². The Morgan fingerprint density at radius 1 is 1.10 bits per heavy atom. The number of ether oxygens (including phenoxy) is 1. The van der Waals surface area contributed by atoms with Gasteiger partial charge in [-0.05, 0) is 30.0 Å². The van der Waals surface area contributed by atoms with E-state index in [1.54, 1.807) is 52.0 Å². The molecule has 0 saturated carbocycles. The highest BCUT2D eigenvalue weighted by atomic mass is 32.2. The smallest absolute Gasteiger partial charge is 0.258 e. The quantitative estimate of drug-likeness (QED) is 0.684. The van der Waals surface area contributed by atoms with Crippen molar-refractivity contribution in [3.63, 3.8) is 0 Å². The fourth-order valence-electron chi connectivity index (χ4n) is 2.92. The number of amides is 1. The van der Waals surface area contributed by atoms with Crippen molar-refractivity contribution in [2.45, 2.75) is 39.2 Å². The zero-order valence-electron chi connectivity index (χ0n) is 17.5. The van der Waals surface area contributed by atoms with Crippen LogP contribution in [-0.4, -0.2) is 27.2 Å². The van der Waals surface area contributed by atoms with E-state index >= 15 is 0 Å². The number of benzene rings is 2. The van der Waals surface area contributed by atoms with E-state index in [1.807, 2.05) is 0 Å². The van der Waals surface area contributed by atoms with Gasteiger partial charge >= 0.3 is 0 Å². The molecule has 2 aromatic rings. The molecule has 0 aromatic heterocycles. The first-order valence-corrected chi connectivity index (χ1v) is 11.1. The highest BCUT2D eigenvalue weighted by Crippen LogP contribution is 2.30. The summed E-state index contributed by atoms with van der Waals surface area (Å²) in [6.45, 7) is 6.44. The van der Waals surface area contributed by atoms with Crippen LogP contribution in [0.4, 0.5) is 14.5 Å². The molecule has 1 atom stereocenters. The Kier molecular flexibility index (Phi) is 7.07. The SMILES string of the molecule is C[C@@H](NC(=O)COc1cc(F)c(C(C)(C)C)c(F)c1)c1ccc(NS(C)(=O)=O)cc1. The minimum atomic E-state index is -3.37. The molecule has 0 heterocycles. The Bertz CT molecular complexity index is 993. The predicted molar refractivity (Wildman–Crippen MR) is 112 cm³/mol. The van der Waals surface area contributed by atoms with Crippen molar-refractivity contribution < 1.29 is 26.7 Å². The van der Waals surface area contributed by atoms with Crippen LogP contribution >= 0.6 is 0 Å². The standard InChI is InChI=1S/C21H26F2N2O4S/c1-13(14-6-8-15(9-7-14)25-30(5,27)28)24-19(26)12-29-16-10-17(22)20(18(23)11-16)21(2,3)4/h6-11,13,25H,12H2,1-5H3,(H,24,26)/t13-/m1/s1. The molecule has 9 heteroatoms. The molecule has 0 radical (unpaired) electrons. The maximum Gasteiger partial charge on any atom is 0.258 e. The van der Waals surface area contributed by atoms with Crippen molar-refractivity contribution in [3.8, 4) is 5.75 Å². The van der Waals surface area contributed by atoms with Crippen LogP contribution < -0.4 is 14.8 Å². The number of hydrogen-bond donors (Lipinski definition) is 2. The number of carbonyl (C=O) groups is 1. The maximum atomic E-state index is 14.2. The molecular weight excluding hydrogens is 414 g/mol. The summed E-state index contributed by atoms with van der Waals surface area (Å²) in [5.74, 6) is -2.00. The number of hydrogen-bond acceptors (Lipinski definition) is 4. The van der Waals surface area contributed by atoms with E-state index in [2.05, 4.69) is 10.0 Å². The number of anilines is 1. The number of carbonyl (C=O) groups excluding carboxylic acids is 1. The monoisotopic (exact) mass is 440 g/mol. The molecule has 164 valence electrons. The summed E-state index contributed by atoms with van der Waals surface area (Å²) in [6.07, 6.45) is 1.05. The van der Waals surface area contributed by atoms with Crippen LogP contribution in [0.1, 0.15) is 44.9 Å². The van der Waals surface area contributed by atoms with Gasteiger partial charge in [-0.25, -0.2) is 17.2 Å². The van der Waals surface area contributed by atoms with E-state index < -0.39 is 39.6 Å². The Morgan fingerprint density at radius 2 is 1.63 bits per heavy atom. The molecule has 2 aromatic carbocycles. The predicted octanol–water partition coefficient (Wildman–Crippen LogP) is 3.89. The molecule has 6 nitrogen and oxygen atoms in total. The van der Waals surface area contributed by atoms with E-state index in [-0.39, 0.29) is 17.4 Å². The molecule has 2 N–H and O–H groups in total. The number of nitrogens with one attached hydrogen (secondary N) is 2. The molecule has 0 spiro atoms. The minimum Gasteiger partial charge on any atom is -0.484 e. The minimum absolute atomic E-state index is 0.0401. The molecule has 1 amide bonds. The number of halogens is 2. The summed E-state index contributed by atoms with van der Waals surface area (Å²) in [6, 6.07) is 8.26. The summed E-state index contributed by atoms with van der Waals surface area (Å²) in [5.41, 5.74) is 0.410. The van der Waals surface area contributed by atoms with Gasteiger partial charge in [0.05, 0.1) is 12.3 Å². The van der Waals surface area contributed by atoms with Crippen molar-refractivity contribution in [2.75, 3.05) is 17.6 Å². The fourth-order valence-corrected chi connectivity index (χ4v) is 3.48. The van der Waals surface area contributed by atoms with Gasteiger partial charge in [0.25, 0.3) is 5.91 Å². The fraction of sp³-hybridized carbons (Fsp3) is 0.381. The highest BCUT2D eigenvalue weighted by Gasteiger charge is 2.24. The van der Waals surface area contributed by atoms with Gasteiger partial charge in [-0.15, -0.1) is 0 Å². The highest BCUT2D eigenvalue weighted by molar-refractivity contribution is 7.92. The van der Waals surface area contributed by atoms with Crippen LogP contribution in [0.3, 0.4) is 0 Å². The van der Waals surface area contributed by atoms with Gasteiger partial charge in [0, 0.05) is 23.4 Å². The lowest BCUT2D eigenvalue weighted by Crippen LogP contribution is -2.31. The summed E-state index contributed by atoms with van der Waals surface area (Å²) in [4.78, 5) is 12.1. The Labute approximate surface area is 175 Å². The molecule has 30 heavy (non-hydrogen) atoms. The molecule has 0 bridgehead atoms. The first kappa shape index (κ1) is 23.6. The largest absolute Gasteiger partial charge is 0.484 e. The molecule has 0 fully saturated rings. The molecule has 0 saturated heterocycles. The zero-order valence-corrected chi connectivity index (χ0v) is 18.4. The second-order valence-corrected chi connectivity index (χ2v) is 9.83. The summed E-state index contributed by atoms with van der Waals surface area (Å²) >= 11 is 0. The average molecular weight is 441 g/mol. The van der Waals surface area contributed by atoms with Crippen molar-refractivity contribution >= 4 is 21.6 Å². The third kappa shape index (κ3) is 6.69. The molecular formula is C21H26F2N2O4S. The first-order valence-electron chi connectivity index (χ1n) is 9.25. The summed E-state index contributed by atoms with van der Waals surface area (Å²) < 4.78 is 58.5. The Hall–Kier alpha value is -2.68. The average Bonchev–Trinajstić information content (AvgIpc) is 2.57. The first-order chi connectivity index (χ1) is 13.8. The Morgan fingerprint density at radius 3 is 2.10 bits per heavy atom. The summed E-state index contributed by atoms with van der Waals surface area (Å²) in [5, 5.41) is 2.71. The van der Waals surface area contributed by atoms with Crippen molar-refractivity contribution in [3.05, 3.63) is 59.2 Å². The number of sulfonamides is 1. The van der Waals surface area contributed by atoms with E-state index in [0.29, 0.717) is 5.69 Å². The normalized spacial score (nSPS) is 12.9. The van der Waals surface area contributed by atoms with Gasteiger partial charge in [0.2, 0.25) is 10.0 Å². The summed E-state index contributed by atoms with van der Waals surface area (Å²) in [7, 11) is -3.37. The van der Waals surface area contributed by atoms with Crippen LogP contribution in [0, 0.1) is 11.6 Å². The van der Waals surface area contributed by atoms with Crippen molar-refractivity contribution in [2.24, 2.45) is 0 Å². The Balaban J connectivity index is 1.96. The van der Waals surface area contributed by atoms with Crippen LogP contribution in [0.15, 0.2) is 36.4 Å². The third-order valence-corrected chi connectivity index (χ3v) is 4.83. The molecule has 0 aliphatic carbocycles. The van der Waals surface area contributed by atoms with E-state index in [4.69, 9.17) is 4.74 Å². The van der Waals surface area contributed by atoms with Crippen LogP contribution in [0.25, 0.3) is 0 Å². The van der Waals surface area contributed by atoms with E-state index in [0.717, 1.165) is 24.0 Å². The lowest BCUT2D eigenvalue weighted by atomic mass is 9.86. The van der Waals surface area contributed by atoms with Crippen LogP contribution in [-0.2, 0) is 20.2 Å². The second-order valence-electron chi connectivity index (χ2n) is 8.09. The third-order valence-electron chi connectivity index (χ3n) is 4.23. The van der Waals surface area contributed by atoms with Gasteiger partial charge in [-0.2, -0.15) is 0 Å². The molecule has 2 rings (SSSR count). The van der Waals surface area contributed by atoms with Crippen molar-refractivity contribution in [1.82, 2.24) is 5.32 Å². The topological polar surface area (TPSA) is 84.5 Å². The van der Waals surface area contributed by atoms with Crippen LogP contribution in [0.5, 0.6) is 5.75 Å². The number of rotatable bonds is 7. The van der Waals surface area contributed by atoms with Gasteiger partial charge in [0.1, 0.15) is 17.4 Å². The van der Waals surface area contributed by atoms with Gasteiger partial charge in [0.15, 0.2) is 6.61 Å².